The van der Waals surface area contributed by atoms with Crippen molar-refractivity contribution < 1.29 is 9.47 Å². The molecule has 18 heavy (non-hydrogen) atoms. The second kappa shape index (κ2) is 7.46. The Kier molecular flexibility index (Phi) is 7.41. The van der Waals surface area contributed by atoms with Crippen LogP contribution in [0.2, 0.25) is 0 Å². The van der Waals surface area contributed by atoms with E-state index < -0.39 is 0 Å². The summed E-state index contributed by atoms with van der Waals surface area (Å²) in [5.41, 5.74) is 5.51. The van der Waals surface area contributed by atoms with Crippen molar-refractivity contribution in [2.75, 3.05) is 13.2 Å². The first-order valence-corrected chi connectivity index (χ1v) is 7.09. The molecular weight excluding hydrogens is 226 g/mol. The van der Waals surface area contributed by atoms with Crippen molar-refractivity contribution in [3.63, 3.8) is 0 Å². The van der Waals surface area contributed by atoms with Crippen LogP contribution in [0.3, 0.4) is 0 Å². The highest BCUT2D eigenvalue weighted by Crippen LogP contribution is 2.37. The summed E-state index contributed by atoms with van der Waals surface area (Å²) < 4.78 is 11.5. The fourth-order valence-corrected chi connectivity index (χ4v) is 1.55. The van der Waals surface area contributed by atoms with Gasteiger partial charge in [0.25, 0.3) is 0 Å². The van der Waals surface area contributed by atoms with Crippen molar-refractivity contribution in [1.29, 1.82) is 0 Å². The number of ether oxygens (including phenoxy) is 2. The van der Waals surface area contributed by atoms with Gasteiger partial charge in [0.05, 0.1) is 5.60 Å². The van der Waals surface area contributed by atoms with E-state index in [1.165, 1.54) is 0 Å². The second-order valence-corrected chi connectivity index (χ2v) is 6.75. The second-order valence-electron chi connectivity index (χ2n) is 6.75. The monoisotopic (exact) mass is 259 g/mol. The summed E-state index contributed by atoms with van der Waals surface area (Å²) >= 11 is 0. The topological polar surface area (TPSA) is 44.5 Å². The number of hydrogen-bond donors (Lipinski definition) is 1. The molecule has 0 radical (unpaired) electrons. The van der Waals surface area contributed by atoms with E-state index in [2.05, 4.69) is 41.5 Å². The van der Waals surface area contributed by atoms with Gasteiger partial charge in [0.15, 0.2) is 0 Å². The van der Waals surface area contributed by atoms with Gasteiger partial charge in [0.2, 0.25) is 0 Å². The van der Waals surface area contributed by atoms with Crippen LogP contribution >= 0.6 is 0 Å². The van der Waals surface area contributed by atoms with Crippen molar-refractivity contribution in [2.45, 2.75) is 73.1 Å². The molecule has 0 amide bonds. The Labute approximate surface area is 113 Å². The molecule has 0 aromatic rings. The van der Waals surface area contributed by atoms with Gasteiger partial charge in [-0.25, -0.2) is 0 Å². The molecule has 0 aromatic carbocycles. The molecule has 0 aliphatic carbocycles. The molecule has 2 N–H and O–H groups in total. The fourth-order valence-electron chi connectivity index (χ4n) is 1.55. The quantitative estimate of drug-likeness (QED) is 0.644. The van der Waals surface area contributed by atoms with Crippen molar-refractivity contribution in [3.8, 4) is 0 Å². The molecule has 0 aromatic heterocycles. The highest BCUT2D eigenvalue weighted by molar-refractivity contribution is 4.87. The summed E-state index contributed by atoms with van der Waals surface area (Å²) in [6.07, 6.45) is 1.87. The zero-order valence-electron chi connectivity index (χ0n) is 13.4. The molecule has 110 valence electrons. The standard InChI is InChI=1S/C15H33NO2/c1-12(2)8-10-18-15(6,7)14(4,5)9-11-17-13(3)16/h12-13H,8-11,16H2,1-7H3. The maximum atomic E-state index is 6.08. The largest absolute Gasteiger partial charge is 0.375 e. The molecule has 0 heterocycles. The zero-order chi connectivity index (χ0) is 14.4. The minimum absolute atomic E-state index is 0.0683. The number of hydrogen-bond acceptors (Lipinski definition) is 3. The van der Waals surface area contributed by atoms with Gasteiger partial charge in [-0.15, -0.1) is 0 Å². The van der Waals surface area contributed by atoms with Crippen molar-refractivity contribution >= 4 is 0 Å². The van der Waals surface area contributed by atoms with Gasteiger partial charge in [-0.05, 0) is 44.9 Å². The van der Waals surface area contributed by atoms with Crippen LogP contribution in [0.25, 0.3) is 0 Å². The first-order valence-electron chi connectivity index (χ1n) is 7.09. The lowest BCUT2D eigenvalue weighted by Gasteiger charge is -2.42. The van der Waals surface area contributed by atoms with Crippen LogP contribution in [-0.2, 0) is 9.47 Å². The number of rotatable bonds is 9. The summed E-state index contributed by atoms with van der Waals surface area (Å²) in [4.78, 5) is 0. The molecule has 0 rings (SSSR count). The predicted octanol–water partition coefficient (Wildman–Crippen LogP) is 3.57. The SMILES string of the molecule is CC(C)CCOC(C)(C)C(C)(C)CCOC(C)N. The van der Waals surface area contributed by atoms with Gasteiger partial charge in [-0.1, -0.05) is 27.7 Å². The molecule has 3 heteroatoms. The number of nitrogens with two attached hydrogens (primary N) is 1. The molecular formula is C15H33NO2. The van der Waals surface area contributed by atoms with Gasteiger partial charge in [0, 0.05) is 13.2 Å². The van der Waals surface area contributed by atoms with Gasteiger partial charge in [-0.3, -0.25) is 0 Å². The van der Waals surface area contributed by atoms with Gasteiger partial charge < -0.3 is 15.2 Å². The van der Waals surface area contributed by atoms with Crippen LogP contribution in [0.5, 0.6) is 0 Å². The Hall–Kier alpha value is -0.120. The highest BCUT2D eigenvalue weighted by atomic mass is 16.5. The van der Waals surface area contributed by atoms with Crippen LogP contribution < -0.4 is 5.73 Å². The third-order valence-electron chi connectivity index (χ3n) is 3.90. The smallest absolute Gasteiger partial charge is 0.102 e. The molecule has 1 atom stereocenters. The average molecular weight is 259 g/mol. The zero-order valence-corrected chi connectivity index (χ0v) is 13.4. The van der Waals surface area contributed by atoms with Crippen LogP contribution in [0.1, 0.15) is 61.3 Å². The van der Waals surface area contributed by atoms with E-state index >= 15 is 0 Å². The summed E-state index contributed by atoms with van der Waals surface area (Å²) in [7, 11) is 0. The lowest BCUT2D eigenvalue weighted by Crippen LogP contribution is -2.43. The van der Waals surface area contributed by atoms with Crippen molar-refractivity contribution in [2.24, 2.45) is 17.1 Å². The van der Waals surface area contributed by atoms with E-state index in [1.54, 1.807) is 0 Å². The van der Waals surface area contributed by atoms with Gasteiger partial charge in [0.1, 0.15) is 6.23 Å². The molecule has 0 spiro atoms. The molecule has 0 bridgehead atoms. The summed E-state index contributed by atoms with van der Waals surface area (Å²) in [6, 6.07) is 0. The van der Waals surface area contributed by atoms with Crippen molar-refractivity contribution in [3.05, 3.63) is 0 Å². The normalized spacial score (nSPS) is 15.2. The summed E-state index contributed by atoms with van der Waals surface area (Å²) in [5, 5.41) is 0. The molecule has 0 aliphatic heterocycles. The van der Waals surface area contributed by atoms with Crippen LogP contribution in [0.4, 0.5) is 0 Å². The Bertz CT molecular complexity index is 199. The van der Waals surface area contributed by atoms with Crippen LogP contribution in [-0.4, -0.2) is 25.0 Å². The maximum Gasteiger partial charge on any atom is 0.102 e. The van der Waals surface area contributed by atoms with Crippen LogP contribution in [0.15, 0.2) is 0 Å². The summed E-state index contributed by atoms with van der Waals surface area (Å²) in [5.74, 6) is 0.685. The Balaban J connectivity index is 4.18. The molecule has 1 unspecified atom stereocenters. The molecule has 0 saturated heterocycles. The first-order chi connectivity index (χ1) is 8.08. The van der Waals surface area contributed by atoms with Crippen molar-refractivity contribution in [1.82, 2.24) is 0 Å². The third-order valence-corrected chi connectivity index (χ3v) is 3.90. The Morgan fingerprint density at radius 2 is 1.56 bits per heavy atom. The molecule has 0 aliphatic rings. The van der Waals surface area contributed by atoms with E-state index in [0.29, 0.717) is 12.5 Å². The lowest BCUT2D eigenvalue weighted by atomic mass is 9.74. The fraction of sp³-hybridized carbons (Fsp3) is 1.00. The minimum atomic E-state index is -0.189. The van der Waals surface area contributed by atoms with Gasteiger partial charge >= 0.3 is 0 Å². The van der Waals surface area contributed by atoms with E-state index in [1.807, 2.05) is 6.92 Å². The van der Waals surface area contributed by atoms with E-state index in [0.717, 1.165) is 19.4 Å². The third kappa shape index (κ3) is 6.72. The average Bonchev–Trinajstić information content (AvgIpc) is 2.15. The lowest BCUT2D eigenvalue weighted by molar-refractivity contribution is -0.111. The highest BCUT2D eigenvalue weighted by Gasteiger charge is 2.37. The first kappa shape index (κ1) is 17.9. The van der Waals surface area contributed by atoms with E-state index in [-0.39, 0.29) is 17.2 Å². The minimum Gasteiger partial charge on any atom is -0.375 e. The summed E-state index contributed by atoms with van der Waals surface area (Å²) in [6.45, 7) is 16.6. The Morgan fingerprint density at radius 3 is 2.00 bits per heavy atom. The van der Waals surface area contributed by atoms with Gasteiger partial charge in [-0.2, -0.15) is 0 Å². The van der Waals surface area contributed by atoms with Crippen LogP contribution in [0, 0.1) is 11.3 Å². The predicted molar refractivity (Wildman–Crippen MR) is 77.5 cm³/mol. The Morgan fingerprint density at radius 1 is 1.00 bits per heavy atom. The van der Waals surface area contributed by atoms with E-state index in [4.69, 9.17) is 15.2 Å². The molecule has 0 fully saturated rings. The maximum absolute atomic E-state index is 6.08. The molecule has 3 nitrogen and oxygen atoms in total. The van der Waals surface area contributed by atoms with E-state index in [9.17, 15) is 0 Å². The molecule has 0 saturated carbocycles.